The van der Waals surface area contributed by atoms with Crippen molar-refractivity contribution in [1.29, 1.82) is 0 Å². The van der Waals surface area contributed by atoms with Gasteiger partial charge < -0.3 is 10.1 Å². The Hall–Kier alpha value is -3.17. The molecule has 1 aromatic rings. The molecule has 0 radical (unpaired) electrons. The van der Waals surface area contributed by atoms with Gasteiger partial charge >= 0.3 is 0 Å². The number of aryl methyl sites for hydroxylation is 1. The smallest absolute Gasteiger partial charge is 0.137 e. The maximum atomic E-state index is 15.2. The van der Waals surface area contributed by atoms with E-state index in [4.69, 9.17) is 9.73 Å². The highest BCUT2D eigenvalue weighted by Gasteiger charge is 2.27. The van der Waals surface area contributed by atoms with Gasteiger partial charge in [-0.25, -0.2) is 4.39 Å². The van der Waals surface area contributed by atoms with Gasteiger partial charge in [0.1, 0.15) is 11.6 Å². The lowest BCUT2D eigenvalue weighted by atomic mass is 9.83. The number of allylic oxidation sites excluding steroid dienone is 4. The summed E-state index contributed by atoms with van der Waals surface area (Å²) in [5.41, 5.74) is 7.36. The van der Waals surface area contributed by atoms with Gasteiger partial charge in [0.15, 0.2) is 0 Å². The van der Waals surface area contributed by atoms with E-state index in [9.17, 15) is 0 Å². The Balaban J connectivity index is 2.44. The summed E-state index contributed by atoms with van der Waals surface area (Å²) in [7, 11) is 1.62. The molecule has 0 spiro atoms. The van der Waals surface area contributed by atoms with Crippen molar-refractivity contribution in [2.24, 2.45) is 15.4 Å². The Kier molecular flexibility index (Phi) is 9.83. The van der Waals surface area contributed by atoms with Gasteiger partial charge in [0.25, 0.3) is 0 Å². The van der Waals surface area contributed by atoms with Crippen LogP contribution in [0.25, 0.3) is 5.70 Å². The average molecular weight is 464 g/mol. The van der Waals surface area contributed by atoms with E-state index in [0.717, 1.165) is 54.3 Å². The minimum atomic E-state index is -0.235. The van der Waals surface area contributed by atoms with Crippen LogP contribution in [-0.4, -0.2) is 25.2 Å². The third-order valence-electron chi connectivity index (χ3n) is 5.74. The third-order valence-corrected chi connectivity index (χ3v) is 5.74. The van der Waals surface area contributed by atoms with Crippen molar-refractivity contribution in [3.63, 3.8) is 0 Å². The fraction of sp³-hybridized carbons (Fsp3) is 0.414. The van der Waals surface area contributed by atoms with E-state index < -0.39 is 0 Å². The van der Waals surface area contributed by atoms with E-state index in [1.54, 1.807) is 32.2 Å². The van der Waals surface area contributed by atoms with Crippen LogP contribution in [0.15, 0.2) is 76.3 Å². The van der Waals surface area contributed by atoms with Crippen LogP contribution in [0.3, 0.4) is 0 Å². The van der Waals surface area contributed by atoms with Gasteiger partial charge in [-0.2, -0.15) is 0 Å². The topological polar surface area (TPSA) is 46.0 Å². The molecule has 5 heteroatoms. The summed E-state index contributed by atoms with van der Waals surface area (Å²) < 4.78 is 20.4. The van der Waals surface area contributed by atoms with Gasteiger partial charge in [0, 0.05) is 40.9 Å². The lowest BCUT2D eigenvalue weighted by Gasteiger charge is -2.29. The molecule has 0 aromatic heterocycles. The average Bonchev–Trinajstić information content (AvgIpc) is 2.80. The molecule has 1 aromatic carbocycles. The molecule has 0 bridgehead atoms. The molecule has 0 fully saturated rings. The number of methoxy groups -OCH3 is 1. The van der Waals surface area contributed by atoms with Crippen LogP contribution in [-0.2, 0) is 4.74 Å². The first-order valence-electron chi connectivity index (χ1n) is 11.7. The number of benzene rings is 1. The van der Waals surface area contributed by atoms with Crippen LogP contribution < -0.4 is 5.32 Å². The second-order valence-corrected chi connectivity index (χ2v) is 9.39. The maximum Gasteiger partial charge on any atom is 0.137 e. The monoisotopic (exact) mass is 463 g/mol. The number of nitrogens with one attached hydrogen (secondary N) is 1. The normalized spacial score (nSPS) is 15.0. The predicted molar refractivity (Wildman–Crippen MR) is 142 cm³/mol. The minimum absolute atomic E-state index is 0.0921. The minimum Gasteiger partial charge on any atom is -0.493 e. The molecule has 34 heavy (non-hydrogen) atoms. The Morgan fingerprint density at radius 2 is 2.06 bits per heavy atom. The van der Waals surface area contributed by atoms with Crippen molar-refractivity contribution in [2.75, 3.05) is 13.7 Å². The Morgan fingerprint density at radius 3 is 2.68 bits per heavy atom. The highest BCUT2D eigenvalue weighted by molar-refractivity contribution is 5.97. The van der Waals surface area contributed by atoms with Gasteiger partial charge in [0.05, 0.1) is 18.6 Å². The zero-order valence-electron chi connectivity index (χ0n) is 21.5. The van der Waals surface area contributed by atoms with Gasteiger partial charge in [-0.05, 0) is 50.8 Å². The summed E-state index contributed by atoms with van der Waals surface area (Å²) in [6, 6.07) is 5.46. The molecule has 1 aliphatic rings. The zero-order valence-corrected chi connectivity index (χ0v) is 21.5. The van der Waals surface area contributed by atoms with E-state index in [2.05, 4.69) is 50.0 Å². The van der Waals surface area contributed by atoms with Gasteiger partial charge in [-0.15, -0.1) is 0 Å². The number of amidine groups is 1. The molecule has 0 unspecified atom stereocenters. The van der Waals surface area contributed by atoms with Crippen molar-refractivity contribution in [3.05, 3.63) is 83.2 Å². The summed E-state index contributed by atoms with van der Waals surface area (Å²) in [4.78, 5) is 9.65. The molecule has 1 aliphatic heterocycles. The quantitative estimate of drug-likeness (QED) is 0.104. The lowest BCUT2D eigenvalue weighted by Crippen LogP contribution is -2.27. The number of hydrogen-bond acceptors (Lipinski definition) is 3. The number of ether oxygens (including phenoxy) is 1. The highest BCUT2D eigenvalue weighted by atomic mass is 19.1. The van der Waals surface area contributed by atoms with Crippen molar-refractivity contribution < 1.29 is 9.13 Å². The fourth-order valence-corrected chi connectivity index (χ4v) is 3.80. The van der Waals surface area contributed by atoms with Crippen molar-refractivity contribution in [3.8, 4) is 0 Å². The Morgan fingerprint density at radius 1 is 1.32 bits per heavy atom. The van der Waals surface area contributed by atoms with E-state index in [1.807, 2.05) is 19.1 Å². The number of nitrogens with zero attached hydrogens (tertiary/aromatic N) is 2. The number of aliphatic imine (C=N–C) groups is 2. The fourth-order valence-electron chi connectivity index (χ4n) is 3.80. The molecule has 2 rings (SSSR count). The van der Waals surface area contributed by atoms with Crippen LogP contribution >= 0.6 is 0 Å². The third kappa shape index (κ3) is 7.16. The lowest BCUT2D eigenvalue weighted by molar-refractivity contribution is 0.277. The van der Waals surface area contributed by atoms with E-state index in [1.165, 1.54) is 0 Å². The molecular formula is C29H38FN3O. The van der Waals surface area contributed by atoms with Crippen LogP contribution in [0.5, 0.6) is 0 Å². The summed E-state index contributed by atoms with van der Waals surface area (Å²) in [5.74, 6) is 1.27. The largest absolute Gasteiger partial charge is 0.493 e. The van der Waals surface area contributed by atoms with E-state index in [0.29, 0.717) is 23.4 Å². The van der Waals surface area contributed by atoms with Crippen molar-refractivity contribution >= 4 is 17.2 Å². The van der Waals surface area contributed by atoms with Gasteiger partial charge in [-0.1, -0.05) is 57.9 Å². The first-order valence-corrected chi connectivity index (χ1v) is 11.7. The molecule has 0 aliphatic carbocycles. The van der Waals surface area contributed by atoms with Crippen LogP contribution in [0.4, 0.5) is 4.39 Å². The van der Waals surface area contributed by atoms with E-state index >= 15 is 4.39 Å². The standard InChI is InChI=1S/C29H38FN3O/c1-9-13-25(32-21(4)31-19-12-15-22(10-2)34-8)23-17-18-26(29(5,6)7)33-28(23)24-16-11-14-20(3)27(24)30/h9,11,13-14,16H,1-2,12,15,17-19H2,3-8H3,(H,31,32)/b25-13-. The predicted octanol–water partition coefficient (Wildman–Crippen LogP) is 7.30. The first-order chi connectivity index (χ1) is 16.1. The van der Waals surface area contributed by atoms with Crippen LogP contribution in [0.1, 0.15) is 64.5 Å². The Labute approximate surface area is 204 Å². The molecule has 1 heterocycles. The maximum absolute atomic E-state index is 15.2. The SMILES string of the molecule is C=C=C(CCCN=C(C)N/C(=C\C=C)C1=C(c2cccc(C)c2F)N=C(C(C)(C)C)CC1)OC. The zero-order chi connectivity index (χ0) is 25.3. The number of hydrogen-bond donors (Lipinski definition) is 1. The number of rotatable bonds is 9. The van der Waals surface area contributed by atoms with Crippen LogP contribution in [0.2, 0.25) is 0 Å². The van der Waals surface area contributed by atoms with Crippen molar-refractivity contribution in [1.82, 2.24) is 5.32 Å². The van der Waals surface area contributed by atoms with E-state index in [-0.39, 0.29) is 11.2 Å². The summed E-state index contributed by atoms with van der Waals surface area (Å²) in [6.45, 7) is 18.3. The molecular weight excluding hydrogens is 425 g/mol. The second-order valence-electron chi connectivity index (χ2n) is 9.39. The number of halogens is 1. The molecule has 0 atom stereocenters. The highest BCUT2D eigenvalue weighted by Crippen LogP contribution is 2.37. The second kappa shape index (κ2) is 12.3. The molecule has 1 N–H and O–H groups in total. The molecule has 0 amide bonds. The summed E-state index contributed by atoms with van der Waals surface area (Å²) >= 11 is 0. The first kappa shape index (κ1) is 27.1. The summed E-state index contributed by atoms with van der Waals surface area (Å²) in [5, 5.41) is 3.42. The molecule has 4 nitrogen and oxygen atoms in total. The summed E-state index contributed by atoms with van der Waals surface area (Å²) in [6.07, 6.45) is 6.76. The van der Waals surface area contributed by atoms with Gasteiger partial charge in [0.2, 0.25) is 0 Å². The molecule has 0 saturated heterocycles. The van der Waals surface area contributed by atoms with Crippen LogP contribution in [0, 0.1) is 18.2 Å². The molecule has 182 valence electrons. The Bertz CT molecular complexity index is 1080. The van der Waals surface area contributed by atoms with Crippen molar-refractivity contribution in [2.45, 2.75) is 60.3 Å². The molecule has 0 saturated carbocycles. The van der Waals surface area contributed by atoms with Gasteiger partial charge in [-0.3, -0.25) is 9.98 Å².